The lowest BCUT2D eigenvalue weighted by molar-refractivity contribution is -0.120. The van der Waals surface area contributed by atoms with Crippen LogP contribution >= 0.6 is 11.8 Å². The summed E-state index contributed by atoms with van der Waals surface area (Å²) in [5, 5.41) is 0. The fourth-order valence-corrected chi connectivity index (χ4v) is 2.84. The summed E-state index contributed by atoms with van der Waals surface area (Å²) < 4.78 is 13.7. The van der Waals surface area contributed by atoms with Crippen LogP contribution in [0.15, 0.2) is 47.4 Å². The van der Waals surface area contributed by atoms with Gasteiger partial charge in [0.1, 0.15) is 5.82 Å². The molecule has 0 aliphatic heterocycles. The fourth-order valence-electron chi connectivity index (χ4n) is 1.88. The first-order valence-corrected chi connectivity index (χ1v) is 7.32. The molecule has 6 heteroatoms. The number of halogens is 1. The standard InChI is InChI=1S/C15H16FN3OS/c16-13-8-12(17)5-6-14(13)21-9-11-4-2-1-3-10(11)7-15(20)19-18/h1-6,8H,7,9,17-18H2,(H,19,20). The number of hydrazine groups is 1. The fraction of sp³-hybridized carbons (Fsp3) is 0.133. The maximum Gasteiger partial charge on any atom is 0.238 e. The second-order valence-electron chi connectivity index (χ2n) is 4.49. The van der Waals surface area contributed by atoms with Crippen LogP contribution in [-0.2, 0) is 17.0 Å². The number of nitrogen functional groups attached to an aromatic ring is 1. The molecule has 0 unspecified atom stereocenters. The molecule has 0 spiro atoms. The van der Waals surface area contributed by atoms with Crippen molar-refractivity contribution in [3.8, 4) is 0 Å². The first kappa shape index (κ1) is 15.3. The van der Waals surface area contributed by atoms with Crippen LogP contribution in [0.2, 0.25) is 0 Å². The number of amides is 1. The Morgan fingerprint density at radius 1 is 1.19 bits per heavy atom. The minimum atomic E-state index is -0.336. The monoisotopic (exact) mass is 305 g/mol. The molecular formula is C15H16FN3OS. The van der Waals surface area contributed by atoms with Crippen molar-refractivity contribution in [1.82, 2.24) is 5.43 Å². The Kier molecular flexibility index (Phi) is 5.19. The number of nitrogens with two attached hydrogens (primary N) is 2. The van der Waals surface area contributed by atoms with E-state index >= 15 is 0 Å². The van der Waals surface area contributed by atoms with E-state index in [1.165, 1.54) is 17.8 Å². The van der Waals surface area contributed by atoms with E-state index in [0.29, 0.717) is 16.3 Å². The molecule has 0 saturated carbocycles. The summed E-state index contributed by atoms with van der Waals surface area (Å²) in [4.78, 5) is 11.9. The molecule has 1 amide bonds. The zero-order valence-corrected chi connectivity index (χ0v) is 12.1. The molecule has 2 aromatic rings. The van der Waals surface area contributed by atoms with Gasteiger partial charge in [0.2, 0.25) is 5.91 Å². The zero-order valence-electron chi connectivity index (χ0n) is 11.3. The van der Waals surface area contributed by atoms with Gasteiger partial charge in [-0.1, -0.05) is 24.3 Å². The van der Waals surface area contributed by atoms with Crippen LogP contribution in [0, 0.1) is 5.82 Å². The number of rotatable bonds is 5. The molecular weight excluding hydrogens is 289 g/mol. The van der Waals surface area contributed by atoms with Gasteiger partial charge >= 0.3 is 0 Å². The van der Waals surface area contributed by atoms with Gasteiger partial charge < -0.3 is 5.73 Å². The highest BCUT2D eigenvalue weighted by molar-refractivity contribution is 7.98. The Bertz CT molecular complexity index is 649. The first-order valence-electron chi connectivity index (χ1n) is 6.34. The predicted octanol–water partition coefficient (Wildman–Crippen LogP) is 2.23. The van der Waals surface area contributed by atoms with Crippen LogP contribution in [0.5, 0.6) is 0 Å². The summed E-state index contributed by atoms with van der Waals surface area (Å²) in [5.41, 5.74) is 9.89. The van der Waals surface area contributed by atoms with E-state index in [1.807, 2.05) is 24.3 Å². The molecule has 0 bridgehead atoms. The third-order valence-electron chi connectivity index (χ3n) is 2.97. The number of hydrogen-bond donors (Lipinski definition) is 3. The highest BCUT2D eigenvalue weighted by Crippen LogP contribution is 2.28. The molecule has 0 aliphatic carbocycles. The Hall–Kier alpha value is -2.05. The van der Waals surface area contributed by atoms with Gasteiger partial charge in [0.15, 0.2) is 0 Å². The first-order chi connectivity index (χ1) is 10.1. The molecule has 0 saturated heterocycles. The number of hydrogen-bond acceptors (Lipinski definition) is 4. The van der Waals surface area contributed by atoms with Gasteiger partial charge in [-0.2, -0.15) is 0 Å². The number of nitrogens with one attached hydrogen (secondary N) is 1. The Morgan fingerprint density at radius 3 is 2.57 bits per heavy atom. The van der Waals surface area contributed by atoms with Gasteiger partial charge in [-0.15, -0.1) is 11.8 Å². The van der Waals surface area contributed by atoms with E-state index in [4.69, 9.17) is 11.6 Å². The van der Waals surface area contributed by atoms with Gasteiger partial charge in [0.05, 0.1) is 6.42 Å². The lowest BCUT2D eigenvalue weighted by Crippen LogP contribution is -2.31. The Labute approximate surface area is 126 Å². The Balaban J connectivity index is 2.11. The Morgan fingerprint density at radius 2 is 1.90 bits per heavy atom. The van der Waals surface area contributed by atoms with E-state index in [9.17, 15) is 9.18 Å². The largest absolute Gasteiger partial charge is 0.399 e. The van der Waals surface area contributed by atoms with E-state index in [0.717, 1.165) is 11.1 Å². The summed E-state index contributed by atoms with van der Waals surface area (Å²) in [6.45, 7) is 0. The van der Waals surface area contributed by atoms with E-state index in [-0.39, 0.29) is 18.1 Å². The topological polar surface area (TPSA) is 81.1 Å². The molecule has 0 aromatic heterocycles. The molecule has 0 radical (unpaired) electrons. The zero-order chi connectivity index (χ0) is 15.2. The summed E-state index contributed by atoms with van der Waals surface area (Å²) in [6, 6.07) is 12.2. The number of anilines is 1. The minimum Gasteiger partial charge on any atom is -0.399 e. The normalized spacial score (nSPS) is 10.4. The quantitative estimate of drug-likeness (QED) is 0.260. The summed E-state index contributed by atoms with van der Waals surface area (Å²) in [7, 11) is 0. The predicted molar refractivity (Wildman–Crippen MR) is 82.8 cm³/mol. The number of benzene rings is 2. The van der Waals surface area contributed by atoms with Gasteiger partial charge in [0, 0.05) is 16.3 Å². The van der Waals surface area contributed by atoms with Crippen LogP contribution in [0.4, 0.5) is 10.1 Å². The molecule has 0 fully saturated rings. The lowest BCUT2D eigenvalue weighted by atomic mass is 10.1. The van der Waals surface area contributed by atoms with Crippen LogP contribution in [0.25, 0.3) is 0 Å². The van der Waals surface area contributed by atoms with Crippen molar-refractivity contribution in [2.24, 2.45) is 5.84 Å². The number of thioether (sulfide) groups is 1. The van der Waals surface area contributed by atoms with Gasteiger partial charge in [-0.25, -0.2) is 10.2 Å². The molecule has 2 aromatic carbocycles. The molecule has 110 valence electrons. The van der Waals surface area contributed by atoms with Crippen LogP contribution in [0.3, 0.4) is 0 Å². The molecule has 0 heterocycles. The maximum absolute atomic E-state index is 13.7. The minimum absolute atomic E-state index is 0.206. The third-order valence-corrected chi connectivity index (χ3v) is 4.07. The van der Waals surface area contributed by atoms with Crippen molar-refractivity contribution in [1.29, 1.82) is 0 Å². The molecule has 5 N–H and O–H groups in total. The highest BCUT2D eigenvalue weighted by atomic mass is 32.2. The molecule has 0 aliphatic rings. The van der Waals surface area contributed by atoms with Crippen molar-refractivity contribution < 1.29 is 9.18 Å². The van der Waals surface area contributed by atoms with Crippen molar-refractivity contribution in [3.63, 3.8) is 0 Å². The molecule has 21 heavy (non-hydrogen) atoms. The van der Waals surface area contributed by atoms with Gasteiger partial charge in [-0.05, 0) is 29.3 Å². The van der Waals surface area contributed by atoms with Crippen LogP contribution in [0.1, 0.15) is 11.1 Å². The summed E-state index contributed by atoms with van der Waals surface area (Å²) in [5.74, 6) is 5.07. The molecule has 0 atom stereocenters. The van der Waals surface area contributed by atoms with Gasteiger partial charge in [0.25, 0.3) is 0 Å². The van der Waals surface area contributed by atoms with Gasteiger partial charge in [-0.3, -0.25) is 10.2 Å². The van der Waals surface area contributed by atoms with Crippen molar-refractivity contribution in [2.45, 2.75) is 17.1 Å². The van der Waals surface area contributed by atoms with Crippen molar-refractivity contribution in [3.05, 3.63) is 59.4 Å². The van der Waals surface area contributed by atoms with Crippen LogP contribution in [-0.4, -0.2) is 5.91 Å². The lowest BCUT2D eigenvalue weighted by Gasteiger charge is -2.09. The maximum atomic E-state index is 13.7. The highest BCUT2D eigenvalue weighted by Gasteiger charge is 2.09. The van der Waals surface area contributed by atoms with Crippen molar-refractivity contribution >= 4 is 23.4 Å². The average molecular weight is 305 g/mol. The van der Waals surface area contributed by atoms with E-state index in [1.54, 1.807) is 12.1 Å². The van der Waals surface area contributed by atoms with Crippen molar-refractivity contribution in [2.75, 3.05) is 5.73 Å². The van der Waals surface area contributed by atoms with E-state index in [2.05, 4.69) is 5.43 Å². The van der Waals surface area contributed by atoms with E-state index < -0.39 is 0 Å². The SMILES string of the molecule is NNC(=O)Cc1ccccc1CSc1ccc(N)cc1F. The number of carbonyl (C=O) groups excluding carboxylic acids is 1. The third kappa shape index (κ3) is 4.21. The molecule has 2 rings (SSSR count). The molecule has 4 nitrogen and oxygen atoms in total. The van der Waals surface area contributed by atoms with Crippen LogP contribution < -0.4 is 17.0 Å². The smallest absolute Gasteiger partial charge is 0.238 e. The second kappa shape index (κ2) is 7.10. The average Bonchev–Trinajstić information content (AvgIpc) is 2.47. The second-order valence-corrected chi connectivity index (χ2v) is 5.51. The summed E-state index contributed by atoms with van der Waals surface area (Å²) in [6.07, 6.45) is 0.206. The number of carbonyl (C=O) groups is 1. The summed E-state index contributed by atoms with van der Waals surface area (Å²) >= 11 is 1.36.